The summed E-state index contributed by atoms with van der Waals surface area (Å²) in [6.07, 6.45) is 9.08. The molecule has 0 spiro atoms. The Morgan fingerprint density at radius 1 is 1.00 bits per heavy atom. The number of amides is 1. The molecule has 2 aliphatic rings. The van der Waals surface area contributed by atoms with Crippen LogP contribution in [0.25, 0.3) is 28.7 Å². The maximum absolute atomic E-state index is 13.5. The molecule has 8 nitrogen and oxygen atoms in total. The van der Waals surface area contributed by atoms with E-state index in [1.165, 1.54) is 16.8 Å². The number of carbonyl (C=O) groups is 1. The van der Waals surface area contributed by atoms with E-state index in [2.05, 4.69) is 63.7 Å². The predicted molar refractivity (Wildman–Crippen MR) is 149 cm³/mol. The summed E-state index contributed by atoms with van der Waals surface area (Å²) in [7, 11) is 2.12. The van der Waals surface area contributed by atoms with Crippen LogP contribution >= 0.6 is 0 Å². The molecule has 2 aromatic carbocycles. The largest absolute Gasteiger partial charge is 0.463 e. The number of nitrogens with one attached hydrogen (secondary N) is 1. The van der Waals surface area contributed by atoms with E-state index in [1.807, 2.05) is 18.3 Å². The zero-order valence-corrected chi connectivity index (χ0v) is 21.7. The Kier molecular flexibility index (Phi) is 5.73. The second-order valence-corrected chi connectivity index (χ2v) is 10.2. The predicted octanol–water partition coefficient (Wildman–Crippen LogP) is 5.00. The summed E-state index contributed by atoms with van der Waals surface area (Å²) in [4.78, 5) is 25.3. The molecule has 4 heterocycles. The molecule has 194 valence electrons. The standard InChI is InChI=1S/C31H28N6O2/c1-36-14-4-7-22-16-20(10-13-26(22)36)17-32-30(38)25-19-34-37(29(25)27-9-5-15-39-27)31-33-18-23-12-11-21-6-2-3-8-24(21)28(23)35-31/h2-3,5-6,8-10,13,15-16,18-19H,4,7,11-12,14,17H2,1H3,(H,32,38). The van der Waals surface area contributed by atoms with Gasteiger partial charge in [-0.15, -0.1) is 0 Å². The van der Waals surface area contributed by atoms with Crippen molar-refractivity contribution in [3.05, 3.63) is 101 Å². The number of hydrogen-bond donors (Lipinski definition) is 1. The van der Waals surface area contributed by atoms with Gasteiger partial charge in [0, 0.05) is 37.6 Å². The molecule has 0 unspecified atom stereocenters. The van der Waals surface area contributed by atoms with Crippen LogP contribution in [0.3, 0.4) is 0 Å². The molecule has 8 heteroatoms. The second-order valence-electron chi connectivity index (χ2n) is 10.2. The van der Waals surface area contributed by atoms with Crippen LogP contribution in [0.1, 0.15) is 39.0 Å². The number of rotatable bonds is 5. The van der Waals surface area contributed by atoms with Crippen LogP contribution in [0.4, 0.5) is 5.69 Å². The smallest absolute Gasteiger partial charge is 0.255 e. The van der Waals surface area contributed by atoms with E-state index in [0.717, 1.165) is 54.6 Å². The third-order valence-electron chi connectivity index (χ3n) is 7.69. The third-order valence-corrected chi connectivity index (χ3v) is 7.69. The van der Waals surface area contributed by atoms with Crippen molar-refractivity contribution in [1.82, 2.24) is 25.1 Å². The lowest BCUT2D eigenvalue weighted by Gasteiger charge is -2.27. The lowest BCUT2D eigenvalue weighted by Crippen LogP contribution is -2.26. The van der Waals surface area contributed by atoms with E-state index in [4.69, 9.17) is 9.40 Å². The number of benzene rings is 2. The lowest BCUT2D eigenvalue weighted by molar-refractivity contribution is 0.0951. The first-order chi connectivity index (χ1) is 19.2. The van der Waals surface area contributed by atoms with Gasteiger partial charge in [0.1, 0.15) is 5.69 Å². The Morgan fingerprint density at radius 3 is 2.79 bits per heavy atom. The van der Waals surface area contributed by atoms with Crippen molar-refractivity contribution in [2.75, 3.05) is 18.5 Å². The normalized spacial score (nSPS) is 13.9. The third kappa shape index (κ3) is 4.18. The molecule has 0 atom stereocenters. The number of nitrogens with zero attached hydrogens (tertiary/aromatic N) is 5. The average Bonchev–Trinajstić information content (AvgIpc) is 3.66. The molecule has 1 N–H and O–H groups in total. The lowest BCUT2D eigenvalue weighted by atomic mass is 9.90. The number of fused-ring (bicyclic) bond motifs is 4. The Hall–Kier alpha value is -4.72. The number of furan rings is 1. The van der Waals surface area contributed by atoms with E-state index < -0.39 is 0 Å². The molecular weight excluding hydrogens is 488 g/mol. The van der Waals surface area contributed by atoms with Gasteiger partial charge in [0.15, 0.2) is 5.76 Å². The van der Waals surface area contributed by atoms with E-state index >= 15 is 0 Å². The number of aromatic nitrogens is 4. The second kappa shape index (κ2) is 9.54. The number of carbonyl (C=O) groups excluding carboxylic acids is 1. The van der Waals surface area contributed by atoms with Gasteiger partial charge in [-0.2, -0.15) is 9.78 Å². The molecule has 1 aliphatic carbocycles. The minimum absolute atomic E-state index is 0.231. The maximum Gasteiger partial charge on any atom is 0.255 e. The Balaban J connectivity index is 1.21. The monoisotopic (exact) mass is 516 g/mol. The van der Waals surface area contributed by atoms with E-state index in [0.29, 0.717) is 29.5 Å². The summed E-state index contributed by atoms with van der Waals surface area (Å²) >= 11 is 0. The van der Waals surface area contributed by atoms with Gasteiger partial charge >= 0.3 is 0 Å². The van der Waals surface area contributed by atoms with Crippen LogP contribution in [0.15, 0.2) is 77.7 Å². The highest BCUT2D eigenvalue weighted by molar-refractivity contribution is 5.99. The summed E-state index contributed by atoms with van der Waals surface area (Å²) in [5.41, 5.74) is 9.00. The molecule has 3 aromatic heterocycles. The van der Waals surface area contributed by atoms with Crippen LogP contribution in [-0.4, -0.2) is 39.2 Å². The molecule has 0 fully saturated rings. The first kappa shape index (κ1) is 23.4. The molecule has 0 bridgehead atoms. The molecule has 0 radical (unpaired) electrons. The summed E-state index contributed by atoms with van der Waals surface area (Å²) in [5, 5.41) is 7.63. The summed E-state index contributed by atoms with van der Waals surface area (Å²) in [6, 6.07) is 18.4. The Labute approximate surface area is 226 Å². The highest BCUT2D eigenvalue weighted by Crippen LogP contribution is 2.33. The molecule has 0 saturated heterocycles. The molecular formula is C31H28N6O2. The highest BCUT2D eigenvalue weighted by atomic mass is 16.3. The highest BCUT2D eigenvalue weighted by Gasteiger charge is 2.25. The Bertz CT molecular complexity index is 1690. The number of hydrogen-bond acceptors (Lipinski definition) is 6. The average molecular weight is 517 g/mol. The molecule has 1 amide bonds. The zero-order valence-electron chi connectivity index (χ0n) is 21.7. The van der Waals surface area contributed by atoms with Crippen molar-refractivity contribution in [2.24, 2.45) is 0 Å². The minimum Gasteiger partial charge on any atom is -0.463 e. The molecule has 5 aromatic rings. The van der Waals surface area contributed by atoms with Gasteiger partial charge < -0.3 is 14.6 Å². The zero-order chi connectivity index (χ0) is 26.3. The molecule has 0 saturated carbocycles. The summed E-state index contributed by atoms with van der Waals surface area (Å²) in [5.74, 6) is 0.691. The van der Waals surface area contributed by atoms with Crippen LogP contribution < -0.4 is 10.2 Å². The van der Waals surface area contributed by atoms with Crippen LogP contribution in [0.2, 0.25) is 0 Å². The topological polar surface area (TPSA) is 89.1 Å². The van der Waals surface area contributed by atoms with Gasteiger partial charge in [0.25, 0.3) is 11.9 Å². The Morgan fingerprint density at radius 2 is 1.90 bits per heavy atom. The fraction of sp³-hybridized carbons (Fsp3) is 0.226. The molecule has 39 heavy (non-hydrogen) atoms. The molecule has 7 rings (SSSR count). The maximum atomic E-state index is 13.5. The van der Waals surface area contributed by atoms with Crippen LogP contribution in [-0.2, 0) is 25.8 Å². The van der Waals surface area contributed by atoms with Crippen molar-refractivity contribution < 1.29 is 9.21 Å². The van der Waals surface area contributed by atoms with Crippen molar-refractivity contribution in [3.63, 3.8) is 0 Å². The van der Waals surface area contributed by atoms with Crippen LogP contribution in [0.5, 0.6) is 0 Å². The number of anilines is 1. The van der Waals surface area contributed by atoms with Crippen molar-refractivity contribution in [3.8, 4) is 28.7 Å². The number of aryl methyl sites for hydroxylation is 3. The fourth-order valence-corrected chi connectivity index (χ4v) is 5.70. The SMILES string of the molecule is CN1CCCc2cc(CNC(=O)c3cnn(-c4ncc5c(n4)-c4ccccc4CC5)c3-c3ccco3)ccc21. The van der Waals surface area contributed by atoms with E-state index in [9.17, 15) is 4.79 Å². The van der Waals surface area contributed by atoms with E-state index in [-0.39, 0.29) is 5.91 Å². The first-order valence-electron chi connectivity index (χ1n) is 13.3. The van der Waals surface area contributed by atoms with Gasteiger partial charge in [-0.3, -0.25) is 4.79 Å². The van der Waals surface area contributed by atoms with Gasteiger partial charge in [-0.1, -0.05) is 36.4 Å². The van der Waals surface area contributed by atoms with Gasteiger partial charge in [0.05, 0.1) is 23.7 Å². The fourth-order valence-electron chi connectivity index (χ4n) is 5.70. The van der Waals surface area contributed by atoms with Gasteiger partial charge in [-0.05, 0) is 66.1 Å². The summed E-state index contributed by atoms with van der Waals surface area (Å²) < 4.78 is 7.33. The molecule has 1 aliphatic heterocycles. The van der Waals surface area contributed by atoms with Crippen molar-refractivity contribution >= 4 is 11.6 Å². The van der Waals surface area contributed by atoms with Gasteiger partial charge in [0.2, 0.25) is 0 Å². The van der Waals surface area contributed by atoms with Crippen LogP contribution in [0, 0.1) is 0 Å². The van der Waals surface area contributed by atoms with E-state index in [1.54, 1.807) is 23.2 Å². The minimum atomic E-state index is -0.231. The quantitative estimate of drug-likeness (QED) is 0.354. The van der Waals surface area contributed by atoms with Crippen molar-refractivity contribution in [1.29, 1.82) is 0 Å². The van der Waals surface area contributed by atoms with Crippen molar-refractivity contribution in [2.45, 2.75) is 32.2 Å². The first-order valence-corrected chi connectivity index (χ1v) is 13.3. The summed E-state index contributed by atoms with van der Waals surface area (Å²) in [6.45, 7) is 1.49. The van der Waals surface area contributed by atoms with Gasteiger partial charge in [-0.25, -0.2) is 9.97 Å².